The summed E-state index contributed by atoms with van der Waals surface area (Å²) in [5.41, 5.74) is 0.349. The number of allylic oxidation sites excluding steroid dienone is 2. The van der Waals surface area contributed by atoms with E-state index in [9.17, 15) is 29.1 Å². The van der Waals surface area contributed by atoms with Gasteiger partial charge in [-0.2, -0.15) is 0 Å². The van der Waals surface area contributed by atoms with Crippen molar-refractivity contribution >= 4 is 68.7 Å². The van der Waals surface area contributed by atoms with Crippen LogP contribution < -0.4 is 9.47 Å². The molecule has 0 spiro atoms. The van der Waals surface area contributed by atoms with Crippen LogP contribution in [-0.2, 0) is 24.0 Å². The number of aliphatic carboxylic acids is 1. The molecule has 2 saturated heterocycles. The van der Waals surface area contributed by atoms with E-state index in [1.807, 2.05) is 0 Å². The maximum Gasteiger partial charge on any atom is 0.305 e. The molecule has 1 saturated carbocycles. The van der Waals surface area contributed by atoms with Gasteiger partial charge in [0.05, 0.1) is 37.9 Å². The highest BCUT2D eigenvalue weighted by Crippen LogP contribution is 2.67. The maximum atomic E-state index is 13.8. The third-order valence-corrected chi connectivity index (χ3v) is 10.4. The zero-order valence-electron chi connectivity index (χ0n) is 21.4. The number of carboxylic acids is 1. The molecule has 1 aromatic rings. The van der Waals surface area contributed by atoms with E-state index in [2.05, 4.69) is 15.9 Å². The van der Waals surface area contributed by atoms with Crippen LogP contribution in [0.5, 0.6) is 17.2 Å². The molecule has 2 N–H and O–H groups in total. The van der Waals surface area contributed by atoms with Crippen LogP contribution in [0, 0.1) is 17.8 Å². The lowest BCUT2D eigenvalue weighted by atomic mass is 9.56. The van der Waals surface area contributed by atoms with Crippen LogP contribution >= 0.6 is 39.1 Å². The van der Waals surface area contributed by atoms with Crippen molar-refractivity contribution < 1.29 is 43.7 Å². The number of phenols is 1. The van der Waals surface area contributed by atoms with Gasteiger partial charge in [-0.1, -0.05) is 27.6 Å². The number of hydrogen-bond acceptors (Lipinski definition) is 8. The van der Waals surface area contributed by atoms with Crippen LogP contribution in [-0.4, -0.2) is 85.6 Å². The smallest absolute Gasteiger partial charge is 0.305 e. The van der Waals surface area contributed by atoms with E-state index in [0.717, 1.165) is 9.80 Å². The van der Waals surface area contributed by atoms with E-state index in [-0.39, 0.29) is 47.7 Å². The van der Waals surface area contributed by atoms with E-state index in [0.29, 0.717) is 5.57 Å². The number of imide groups is 2. The van der Waals surface area contributed by atoms with E-state index < -0.39 is 69.4 Å². The number of rotatable bonds is 7. The van der Waals surface area contributed by atoms with Gasteiger partial charge in [0.25, 0.3) is 11.8 Å². The van der Waals surface area contributed by atoms with Crippen LogP contribution in [0.4, 0.5) is 0 Å². The third kappa shape index (κ3) is 3.71. The number of amides is 4. The first-order chi connectivity index (χ1) is 18.9. The number of likely N-dealkylation sites (tertiary alicyclic amines) is 2. The number of benzene rings is 1. The van der Waals surface area contributed by atoms with Gasteiger partial charge < -0.3 is 19.7 Å². The quantitative estimate of drug-likeness (QED) is 0.195. The Kier molecular flexibility index (Phi) is 7.11. The van der Waals surface area contributed by atoms with Crippen LogP contribution in [0.2, 0.25) is 0 Å². The summed E-state index contributed by atoms with van der Waals surface area (Å²) in [6.07, 6.45) is 1.16. The molecule has 40 heavy (non-hydrogen) atoms. The Morgan fingerprint density at radius 3 is 2.38 bits per heavy atom. The molecule has 2 heterocycles. The molecule has 3 fully saturated rings. The van der Waals surface area contributed by atoms with Crippen LogP contribution in [0.3, 0.4) is 0 Å². The Balaban J connectivity index is 1.72. The highest BCUT2D eigenvalue weighted by molar-refractivity contribution is 9.09. The number of hydrogen-bond donors (Lipinski definition) is 2. The molecule has 11 nitrogen and oxygen atoms in total. The Labute approximate surface area is 247 Å². The number of ether oxygens (including phenoxy) is 2. The minimum atomic E-state index is -2.12. The summed E-state index contributed by atoms with van der Waals surface area (Å²) in [6, 6.07) is 2.80. The number of fused-ring (bicyclic) bond motifs is 4. The van der Waals surface area contributed by atoms with E-state index in [1.165, 1.54) is 26.4 Å². The fourth-order valence-electron chi connectivity index (χ4n) is 6.73. The monoisotopic (exact) mass is 658 g/mol. The molecular weight excluding hydrogens is 635 g/mol. The number of aromatic hydroxyl groups is 1. The first-order valence-corrected chi connectivity index (χ1v) is 14.3. The molecule has 0 aromatic heterocycles. The number of phenolic OH excluding ortho intramolecular Hbond substituents is 1. The predicted molar refractivity (Wildman–Crippen MR) is 144 cm³/mol. The Morgan fingerprint density at radius 2 is 1.77 bits per heavy atom. The molecule has 6 unspecified atom stereocenters. The van der Waals surface area contributed by atoms with Crippen molar-refractivity contribution in [3.05, 3.63) is 29.3 Å². The molecule has 214 valence electrons. The summed E-state index contributed by atoms with van der Waals surface area (Å²) in [7, 11) is 2.75. The molecule has 4 amide bonds. The van der Waals surface area contributed by atoms with Gasteiger partial charge in [-0.3, -0.25) is 33.8 Å². The predicted octanol–water partition coefficient (Wildman–Crippen LogP) is 2.60. The van der Waals surface area contributed by atoms with Gasteiger partial charge >= 0.3 is 5.97 Å². The number of nitrogens with zero attached hydrogens (tertiary/aromatic N) is 2. The lowest BCUT2D eigenvalue weighted by Crippen LogP contribution is -2.60. The molecule has 14 heteroatoms. The zero-order chi connectivity index (χ0) is 29.3. The Morgan fingerprint density at radius 1 is 1.07 bits per heavy atom. The SMILES string of the molecule is COc1cc(O)c(C2C3=CCC4C(=O)N(CCC(=O)O)C(=O)C4C3CC3(Cl)C(=O)N(CBr)C(=O)C23Cl)c(OC)c1. The average Bonchev–Trinajstić information content (AvgIpc) is 3.24. The van der Waals surface area contributed by atoms with Gasteiger partial charge in [-0.05, 0) is 18.8 Å². The number of carbonyl (C=O) groups excluding carboxylic acids is 4. The largest absolute Gasteiger partial charge is 0.507 e. The molecular formula is C26H25BrCl2N2O9. The Hall–Kier alpha value is -2.83. The van der Waals surface area contributed by atoms with Crippen molar-refractivity contribution in [3.8, 4) is 17.2 Å². The number of halogens is 3. The molecule has 1 aromatic carbocycles. The summed E-state index contributed by atoms with van der Waals surface area (Å²) >= 11 is 17.5. The second-order valence-corrected chi connectivity index (χ2v) is 12.0. The van der Waals surface area contributed by atoms with E-state index in [1.54, 1.807) is 6.08 Å². The minimum Gasteiger partial charge on any atom is -0.507 e. The van der Waals surface area contributed by atoms with Crippen LogP contribution in [0.15, 0.2) is 23.8 Å². The summed E-state index contributed by atoms with van der Waals surface area (Å²) in [6.45, 7) is -0.293. The van der Waals surface area contributed by atoms with Gasteiger partial charge in [-0.15, -0.1) is 23.2 Å². The van der Waals surface area contributed by atoms with Crippen molar-refractivity contribution in [3.63, 3.8) is 0 Å². The molecule has 0 radical (unpaired) electrons. The average molecular weight is 660 g/mol. The first-order valence-electron chi connectivity index (χ1n) is 12.4. The van der Waals surface area contributed by atoms with Crippen molar-refractivity contribution in [1.29, 1.82) is 0 Å². The lowest BCUT2D eigenvalue weighted by molar-refractivity contribution is -0.143. The normalized spacial score (nSPS) is 33.0. The molecule has 4 aliphatic rings. The van der Waals surface area contributed by atoms with Crippen molar-refractivity contribution in [2.75, 3.05) is 26.2 Å². The summed E-state index contributed by atoms with van der Waals surface area (Å²) < 4.78 is 10.8. The highest BCUT2D eigenvalue weighted by Gasteiger charge is 2.76. The highest BCUT2D eigenvalue weighted by atomic mass is 79.9. The van der Waals surface area contributed by atoms with Gasteiger partial charge in [0.2, 0.25) is 11.8 Å². The van der Waals surface area contributed by atoms with Gasteiger partial charge in [0.1, 0.15) is 17.2 Å². The Bertz CT molecular complexity index is 1390. The van der Waals surface area contributed by atoms with Crippen molar-refractivity contribution in [2.45, 2.75) is 34.9 Å². The first kappa shape index (κ1) is 28.7. The zero-order valence-corrected chi connectivity index (χ0v) is 24.5. The van der Waals surface area contributed by atoms with Crippen LogP contribution in [0.1, 0.15) is 30.7 Å². The second-order valence-electron chi connectivity index (χ2n) is 10.2. The fraction of sp³-hybridized carbons (Fsp3) is 0.500. The summed E-state index contributed by atoms with van der Waals surface area (Å²) in [5, 5.41) is 20.3. The lowest BCUT2D eigenvalue weighted by Gasteiger charge is -2.51. The van der Waals surface area contributed by atoms with Crippen molar-refractivity contribution in [2.24, 2.45) is 17.8 Å². The van der Waals surface area contributed by atoms with Gasteiger partial charge in [-0.25, -0.2) is 0 Å². The standard InChI is InChI=1S/C26H25BrCl2N2O9/c1-39-11-7-15(32)19(16(8-11)40-2)20-12-3-4-13-18(22(36)30(21(13)35)6-5-17(33)34)14(12)9-25(28)23(37)31(10-27)24(38)26(20,25)29/h3,7-8,13-14,18,20,32H,4-6,9-10H2,1-2H3,(H,33,34). The third-order valence-electron chi connectivity index (χ3n) is 8.49. The number of carbonyl (C=O) groups is 5. The summed E-state index contributed by atoms with van der Waals surface area (Å²) in [4.78, 5) is 63.2. The molecule has 2 aliphatic carbocycles. The van der Waals surface area contributed by atoms with Crippen LogP contribution in [0.25, 0.3) is 0 Å². The molecule has 0 bridgehead atoms. The fourth-order valence-corrected chi connectivity index (χ4v) is 8.14. The second kappa shape index (κ2) is 9.92. The minimum absolute atomic E-state index is 0.0785. The maximum absolute atomic E-state index is 13.8. The summed E-state index contributed by atoms with van der Waals surface area (Å²) in [5.74, 6) is -7.59. The van der Waals surface area contributed by atoms with E-state index >= 15 is 0 Å². The molecule has 6 atom stereocenters. The number of carboxylic acid groups (broad SMARTS) is 1. The van der Waals surface area contributed by atoms with E-state index in [4.69, 9.17) is 37.8 Å². The van der Waals surface area contributed by atoms with Gasteiger partial charge in [0.15, 0.2) is 9.75 Å². The molecule has 5 rings (SSSR count). The number of alkyl halides is 3. The topological polar surface area (TPSA) is 151 Å². The molecule has 2 aliphatic heterocycles. The number of methoxy groups -OCH3 is 2. The van der Waals surface area contributed by atoms with Gasteiger partial charge in [0, 0.05) is 30.2 Å². The van der Waals surface area contributed by atoms with Crippen molar-refractivity contribution in [1.82, 2.24) is 9.80 Å².